The molecular formula is C19H20FNO. The summed E-state index contributed by atoms with van der Waals surface area (Å²) >= 11 is 0. The average molecular weight is 297 g/mol. The average Bonchev–Trinajstić information content (AvgIpc) is 3.04. The summed E-state index contributed by atoms with van der Waals surface area (Å²) in [6.07, 6.45) is 4.59. The fourth-order valence-electron chi connectivity index (χ4n) is 3.36. The van der Waals surface area contributed by atoms with Gasteiger partial charge in [-0.15, -0.1) is 0 Å². The number of rotatable bonds is 4. The summed E-state index contributed by atoms with van der Waals surface area (Å²) in [5, 5.41) is 3.04. The van der Waals surface area contributed by atoms with E-state index < -0.39 is 0 Å². The maximum absolute atomic E-state index is 12.9. The molecule has 0 radical (unpaired) electrons. The number of nitrogens with one attached hydrogen (secondary N) is 1. The van der Waals surface area contributed by atoms with Crippen LogP contribution < -0.4 is 5.32 Å². The van der Waals surface area contributed by atoms with E-state index in [2.05, 4.69) is 29.6 Å². The summed E-state index contributed by atoms with van der Waals surface area (Å²) in [6.45, 7) is 0.632. The molecule has 0 atom stereocenters. The molecule has 3 heteroatoms. The van der Waals surface area contributed by atoms with Crippen LogP contribution in [0.3, 0.4) is 0 Å². The van der Waals surface area contributed by atoms with E-state index in [1.54, 1.807) is 0 Å². The molecule has 2 aromatic carbocycles. The molecule has 1 aliphatic rings. The molecule has 0 spiro atoms. The fraction of sp³-hybridized carbons (Fsp3) is 0.316. The van der Waals surface area contributed by atoms with Gasteiger partial charge in [-0.05, 0) is 42.7 Å². The number of carbonyl (C=O) groups excluding carboxylic acids is 1. The van der Waals surface area contributed by atoms with E-state index in [9.17, 15) is 9.18 Å². The second kappa shape index (κ2) is 6.30. The van der Waals surface area contributed by atoms with Gasteiger partial charge < -0.3 is 5.32 Å². The molecule has 0 bridgehead atoms. The van der Waals surface area contributed by atoms with E-state index in [-0.39, 0.29) is 17.1 Å². The minimum Gasteiger partial charge on any atom is -0.351 e. The van der Waals surface area contributed by atoms with Crippen LogP contribution >= 0.6 is 0 Å². The number of hydrogen-bond donors (Lipinski definition) is 1. The van der Waals surface area contributed by atoms with Crippen LogP contribution in [-0.4, -0.2) is 12.5 Å². The van der Waals surface area contributed by atoms with Crippen molar-refractivity contribution in [1.29, 1.82) is 0 Å². The molecule has 0 unspecified atom stereocenters. The summed E-state index contributed by atoms with van der Waals surface area (Å²) in [5.74, 6) is -0.463. The van der Waals surface area contributed by atoms with Gasteiger partial charge in [0.25, 0.3) is 5.91 Å². The lowest BCUT2D eigenvalue weighted by Crippen LogP contribution is -2.39. The molecule has 1 fully saturated rings. The van der Waals surface area contributed by atoms with Gasteiger partial charge in [0.05, 0.1) is 0 Å². The molecular weight excluding hydrogens is 277 g/mol. The van der Waals surface area contributed by atoms with Crippen LogP contribution in [0.5, 0.6) is 0 Å². The minimum atomic E-state index is -0.326. The van der Waals surface area contributed by atoms with Crippen LogP contribution in [0.25, 0.3) is 0 Å². The zero-order valence-corrected chi connectivity index (χ0v) is 12.5. The summed E-state index contributed by atoms with van der Waals surface area (Å²) in [7, 11) is 0. The zero-order valence-electron chi connectivity index (χ0n) is 12.5. The van der Waals surface area contributed by atoms with Gasteiger partial charge in [-0.25, -0.2) is 4.39 Å². The lowest BCUT2D eigenvalue weighted by molar-refractivity contribution is 0.0943. The molecule has 22 heavy (non-hydrogen) atoms. The highest BCUT2D eigenvalue weighted by Crippen LogP contribution is 2.40. The third-order valence-corrected chi connectivity index (χ3v) is 4.64. The first kappa shape index (κ1) is 14.8. The van der Waals surface area contributed by atoms with Crippen molar-refractivity contribution in [2.24, 2.45) is 0 Å². The van der Waals surface area contributed by atoms with Gasteiger partial charge in [0.2, 0.25) is 0 Å². The van der Waals surface area contributed by atoms with Gasteiger partial charge in [0, 0.05) is 17.5 Å². The van der Waals surface area contributed by atoms with Crippen LogP contribution in [0.2, 0.25) is 0 Å². The molecule has 0 saturated heterocycles. The zero-order chi connectivity index (χ0) is 15.4. The SMILES string of the molecule is O=C(NCC1(c2ccccc2)CCCC1)c1ccc(F)cc1. The van der Waals surface area contributed by atoms with E-state index in [1.807, 2.05) is 6.07 Å². The second-order valence-electron chi connectivity index (χ2n) is 6.04. The molecule has 0 aliphatic heterocycles. The highest BCUT2D eigenvalue weighted by molar-refractivity contribution is 5.94. The Morgan fingerprint density at radius 3 is 2.27 bits per heavy atom. The van der Waals surface area contributed by atoms with Gasteiger partial charge >= 0.3 is 0 Å². The number of hydrogen-bond acceptors (Lipinski definition) is 1. The Labute approximate surface area is 130 Å². The molecule has 1 aliphatic carbocycles. The topological polar surface area (TPSA) is 29.1 Å². The van der Waals surface area contributed by atoms with Crippen molar-refractivity contribution in [1.82, 2.24) is 5.32 Å². The maximum Gasteiger partial charge on any atom is 0.251 e. The van der Waals surface area contributed by atoms with Crippen LogP contribution in [0.1, 0.15) is 41.6 Å². The maximum atomic E-state index is 12.9. The molecule has 114 valence electrons. The standard InChI is InChI=1S/C19H20FNO/c20-17-10-8-15(9-11-17)18(22)21-14-19(12-4-5-13-19)16-6-2-1-3-7-16/h1-3,6-11H,4-5,12-14H2,(H,21,22). The number of amides is 1. The number of benzene rings is 2. The minimum absolute atomic E-state index is 0.0386. The predicted octanol–water partition coefficient (Wildman–Crippen LogP) is 4.07. The molecule has 1 amide bonds. The summed E-state index contributed by atoms with van der Waals surface area (Å²) in [6, 6.07) is 16.1. The smallest absolute Gasteiger partial charge is 0.251 e. The Morgan fingerprint density at radius 2 is 1.64 bits per heavy atom. The summed E-state index contributed by atoms with van der Waals surface area (Å²) < 4.78 is 12.9. The lowest BCUT2D eigenvalue weighted by atomic mass is 9.79. The van der Waals surface area contributed by atoms with E-state index in [0.717, 1.165) is 12.8 Å². The normalized spacial score (nSPS) is 16.4. The van der Waals surface area contributed by atoms with E-state index in [0.29, 0.717) is 12.1 Å². The van der Waals surface area contributed by atoms with E-state index in [4.69, 9.17) is 0 Å². The lowest BCUT2D eigenvalue weighted by Gasteiger charge is -2.30. The molecule has 2 nitrogen and oxygen atoms in total. The summed E-state index contributed by atoms with van der Waals surface area (Å²) in [5.41, 5.74) is 1.84. The second-order valence-corrected chi connectivity index (χ2v) is 6.04. The molecule has 2 aromatic rings. The van der Waals surface area contributed by atoms with Crippen molar-refractivity contribution >= 4 is 5.91 Å². The van der Waals surface area contributed by atoms with Crippen molar-refractivity contribution in [3.05, 3.63) is 71.5 Å². The molecule has 0 heterocycles. The first-order chi connectivity index (χ1) is 10.7. The number of halogens is 1. The van der Waals surface area contributed by atoms with Crippen molar-refractivity contribution < 1.29 is 9.18 Å². The monoisotopic (exact) mass is 297 g/mol. The first-order valence-electron chi connectivity index (χ1n) is 7.79. The van der Waals surface area contributed by atoms with Gasteiger partial charge in [-0.2, -0.15) is 0 Å². The van der Waals surface area contributed by atoms with Gasteiger partial charge in [-0.3, -0.25) is 4.79 Å². The van der Waals surface area contributed by atoms with Gasteiger partial charge in [-0.1, -0.05) is 43.2 Å². The highest BCUT2D eigenvalue weighted by Gasteiger charge is 2.35. The Bertz CT molecular complexity index is 630. The van der Waals surface area contributed by atoms with Crippen LogP contribution in [0, 0.1) is 5.82 Å². The van der Waals surface area contributed by atoms with Crippen molar-refractivity contribution in [3.8, 4) is 0 Å². The Morgan fingerprint density at radius 1 is 1.00 bits per heavy atom. The van der Waals surface area contributed by atoms with E-state index in [1.165, 1.54) is 42.7 Å². The van der Waals surface area contributed by atoms with Gasteiger partial charge in [0.15, 0.2) is 0 Å². The molecule has 3 rings (SSSR count). The van der Waals surface area contributed by atoms with Crippen molar-refractivity contribution in [2.45, 2.75) is 31.1 Å². The number of carbonyl (C=O) groups is 1. The van der Waals surface area contributed by atoms with Gasteiger partial charge in [0.1, 0.15) is 5.82 Å². The third kappa shape index (κ3) is 3.03. The fourth-order valence-corrected chi connectivity index (χ4v) is 3.36. The Balaban J connectivity index is 1.73. The van der Waals surface area contributed by atoms with Crippen molar-refractivity contribution in [2.75, 3.05) is 6.54 Å². The molecule has 1 saturated carbocycles. The Kier molecular flexibility index (Phi) is 4.23. The quantitative estimate of drug-likeness (QED) is 0.905. The van der Waals surface area contributed by atoms with Crippen LogP contribution in [0.15, 0.2) is 54.6 Å². The van der Waals surface area contributed by atoms with Crippen LogP contribution in [-0.2, 0) is 5.41 Å². The Hall–Kier alpha value is -2.16. The largest absolute Gasteiger partial charge is 0.351 e. The predicted molar refractivity (Wildman–Crippen MR) is 85.3 cm³/mol. The molecule has 1 N–H and O–H groups in total. The molecule has 0 aromatic heterocycles. The third-order valence-electron chi connectivity index (χ3n) is 4.64. The first-order valence-corrected chi connectivity index (χ1v) is 7.79. The van der Waals surface area contributed by atoms with Crippen molar-refractivity contribution in [3.63, 3.8) is 0 Å². The summed E-state index contributed by atoms with van der Waals surface area (Å²) in [4.78, 5) is 12.3. The van der Waals surface area contributed by atoms with E-state index >= 15 is 0 Å². The van der Waals surface area contributed by atoms with Crippen LogP contribution in [0.4, 0.5) is 4.39 Å². The highest BCUT2D eigenvalue weighted by atomic mass is 19.1.